The molecule has 0 fully saturated rings. The van der Waals surface area contributed by atoms with Crippen LogP contribution in [0.25, 0.3) is 0 Å². The highest BCUT2D eigenvalue weighted by Crippen LogP contribution is 2.09. The van der Waals surface area contributed by atoms with E-state index in [0.717, 1.165) is 12.3 Å². The third kappa shape index (κ3) is 4.66. The van der Waals surface area contributed by atoms with E-state index in [4.69, 9.17) is 4.74 Å². The van der Waals surface area contributed by atoms with Gasteiger partial charge in [-0.25, -0.2) is 0 Å². The molecule has 0 saturated heterocycles. The Labute approximate surface area is 98.0 Å². The van der Waals surface area contributed by atoms with Gasteiger partial charge in [0.25, 0.3) is 0 Å². The lowest BCUT2D eigenvalue weighted by Gasteiger charge is -2.17. The lowest BCUT2D eigenvalue weighted by Crippen LogP contribution is -2.34. The van der Waals surface area contributed by atoms with E-state index < -0.39 is 0 Å². The first kappa shape index (κ1) is 13.0. The SMILES string of the molecule is CCCC(C)NCC(C)Oc1cnn(C)c1. The second-order valence-corrected chi connectivity index (χ2v) is 4.38. The molecule has 1 aromatic rings. The van der Waals surface area contributed by atoms with Crippen LogP contribution in [-0.4, -0.2) is 28.5 Å². The first-order valence-electron chi connectivity index (χ1n) is 6.00. The maximum atomic E-state index is 5.72. The van der Waals surface area contributed by atoms with Gasteiger partial charge in [-0.15, -0.1) is 0 Å². The van der Waals surface area contributed by atoms with E-state index in [-0.39, 0.29) is 6.10 Å². The molecule has 4 heteroatoms. The van der Waals surface area contributed by atoms with Gasteiger partial charge in [0.1, 0.15) is 6.10 Å². The molecular formula is C12H23N3O. The monoisotopic (exact) mass is 225 g/mol. The molecule has 1 heterocycles. The van der Waals surface area contributed by atoms with Crippen LogP contribution >= 0.6 is 0 Å². The highest BCUT2D eigenvalue weighted by Gasteiger charge is 2.07. The fraction of sp³-hybridized carbons (Fsp3) is 0.750. The van der Waals surface area contributed by atoms with Crippen molar-refractivity contribution in [2.24, 2.45) is 7.05 Å². The molecule has 0 bridgehead atoms. The van der Waals surface area contributed by atoms with Crippen LogP contribution in [0.1, 0.15) is 33.6 Å². The topological polar surface area (TPSA) is 39.1 Å². The minimum Gasteiger partial charge on any atom is -0.486 e. The van der Waals surface area contributed by atoms with Gasteiger partial charge in [0.15, 0.2) is 5.75 Å². The summed E-state index contributed by atoms with van der Waals surface area (Å²) < 4.78 is 7.46. The Morgan fingerprint density at radius 3 is 2.81 bits per heavy atom. The number of hydrogen-bond donors (Lipinski definition) is 1. The lowest BCUT2D eigenvalue weighted by atomic mass is 10.2. The van der Waals surface area contributed by atoms with Gasteiger partial charge in [-0.05, 0) is 20.3 Å². The molecule has 0 aliphatic rings. The molecule has 1 N–H and O–H groups in total. The van der Waals surface area contributed by atoms with Gasteiger partial charge in [0.05, 0.1) is 12.4 Å². The average Bonchev–Trinajstić information content (AvgIpc) is 2.61. The first-order valence-corrected chi connectivity index (χ1v) is 6.00. The van der Waals surface area contributed by atoms with Crippen LogP contribution in [0.2, 0.25) is 0 Å². The number of nitrogens with one attached hydrogen (secondary N) is 1. The zero-order chi connectivity index (χ0) is 12.0. The molecule has 0 amide bonds. The molecule has 2 atom stereocenters. The third-order valence-electron chi connectivity index (χ3n) is 2.49. The van der Waals surface area contributed by atoms with Crippen LogP contribution in [0.15, 0.2) is 12.4 Å². The number of aromatic nitrogens is 2. The van der Waals surface area contributed by atoms with Crippen LogP contribution in [0.3, 0.4) is 0 Å². The summed E-state index contributed by atoms with van der Waals surface area (Å²) >= 11 is 0. The van der Waals surface area contributed by atoms with Crippen molar-refractivity contribution in [2.75, 3.05) is 6.54 Å². The van der Waals surface area contributed by atoms with Crippen molar-refractivity contribution in [3.05, 3.63) is 12.4 Å². The van der Waals surface area contributed by atoms with Crippen molar-refractivity contribution >= 4 is 0 Å². The highest BCUT2D eigenvalue weighted by atomic mass is 16.5. The van der Waals surface area contributed by atoms with E-state index >= 15 is 0 Å². The predicted molar refractivity (Wildman–Crippen MR) is 65.7 cm³/mol. The Morgan fingerprint density at radius 1 is 1.50 bits per heavy atom. The van der Waals surface area contributed by atoms with E-state index in [1.165, 1.54) is 12.8 Å². The molecule has 0 spiro atoms. The zero-order valence-corrected chi connectivity index (χ0v) is 10.7. The van der Waals surface area contributed by atoms with Crippen LogP contribution in [0.4, 0.5) is 0 Å². The maximum Gasteiger partial charge on any atom is 0.157 e. The zero-order valence-electron chi connectivity index (χ0n) is 10.7. The summed E-state index contributed by atoms with van der Waals surface area (Å²) in [6.07, 6.45) is 6.22. The van der Waals surface area contributed by atoms with Crippen LogP contribution < -0.4 is 10.1 Å². The van der Waals surface area contributed by atoms with Crippen LogP contribution in [0, 0.1) is 0 Å². The predicted octanol–water partition coefficient (Wildman–Crippen LogP) is 1.97. The Hall–Kier alpha value is -1.03. The Bertz CT molecular complexity index is 298. The molecule has 92 valence electrons. The van der Waals surface area contributed by atoms with Gasteiger partial charge in [-0.2, -0.15) is 5.10 Å². The maximum absolute atomic E-state index is 5.72. The molecule has 16 heavy (non-hydrogen) atoms. The summed E-state index contributed by atoms with van der Waals surface area (Å²) in [4.78, 5) is 0. The molecule has 0 aromatic carbocycles. The summed E-state index contributed by atoms with van der Waals surface area (Å²) in [5.74, 6) is 0.833. The molecule has 0 radical (unpaired) electrons. The van der Waals surface area contributed by atoms with Gasteiger partial charge in [0, 0.05) is 19.6 Å². The molecule has 2 unspecified atom stereocenters. The summed E-state index contributed by atoms with van der Waals surface area (Å²) in [5.41, 5.74) is 0. The Balaban J connectivity index is 2.23. The fourth-order valence-electron chi connectivity index (χ4n) is 1.64. The standard InChI is InChI=1S/C12H23N3O/c1-5-6-10(2)13-7-11(3)16-12-8-14-15(4)9-12/h8-11,13H,5-7H2,1-4H3. The molecule has 0 aliphatic carbocycles. The van der Waals surface area contributed by atoms with Gasteiger partial charge in [0.2, 0.25) is 0 Å². The van der Waals surface area contributed by atoms with E-state index in [2.05, 4.69) is 31.2 Å². The summed E-state index contributed by atoms with van der Waals surface area (Å²) in [6.45, 7) is 7.35. The molecule has 1 aromatic heterocycles. The van der Waals surface area contributed by atoms with E-state index in [1.54, 1.807) is 10.9 Å². The highest BCUT2D eigenvalue weighted by molar-refractivity contribution is 5.11. The summed E-state index contributed by atoms with van der Waals surface area (Å²) in [5, 5.41) is 7.52. The first-order chi connectivity index (χ1) is 7.61. The van der Waals surface area contributed by atoms with E-state index in [0.29, 0.717) is 6.04 Å². The largest absolute Gasteiger partial charge is 0.486 e. The van der Waals surface area contributed by atoms with Crippen molar-refractivity contribution in [2.45, 2.75) is 45.8 Å². The second-order valence-electron chi connectivity index (χ2n) is 4.38. The van der Waals surface area contributed by atoms with Crippen molar-refractivity contribution in [3.63, 3.8) is 0 Å². The lowest BCUT2D eigenvalue weighted by molar-refractivity contribution is 0.211. The molecule has 4 nitrogen and oxygen atoms in total. The summed E-state index contributed by atoms with van der Waals surface area (Å²) in [7, 11) is 1.89. The Kier molecular flexibility index (Phi) is 5.32. The van der Waals surface area contributed by atoms with Gasteiger partial charge < -0.3 is 10.1 Å². The van der Waals surface area contributed by atoms with Crippen molar-refractivity contribution in [1.82, 2.24) is 15.1 Å². The summed E-state index contributed by atoms with van der Waals surface area (Å²) in [6, 6.07) is 0.560. The second kappa shape index (κ2) is 6.53. The fourth-order valence-corrected chi connectivity index (χ4v) is 1.64. The van der Waals surface area contributed by atoms with E-state index in [9.17, 15) is 0 Å². The van der Waals surface area contributed by atoms with Crippen molar-refractivity contribution in [3.8, 4) is 5.75 Å². The molecular weight excluding hydrogens is 202 g/mol. The van der Waals surface area contributed by atoms with Gasteiger partial charge in [-0.3, -0.25) is 4.68 Å². The van der Waals surface area contributed by atoms with Crippen LogP contribution in [0.5, 0.6) is 5.75 Å². The van der Waals surface area contributed by atoms with E-state index in [1.807, 2.05) is 13.2 Å². The molecule has 0 aliphatic heterocycles. The molecule has 0 saturated carbocycles. The van der Waals surface area contributed by atoms with Crippen molar-refractivity contribution < 1.29 is 4.74 Å². The van der Waals surface area contributed by atoms with Gasteiger partial charge in [-0.1, -0.05) is 13.3 Å². The van der Waals surface area contributed by atoms with Gasteiger partial charge >= 0.3 is 0 Å². The number of nitrogens with zero attached hydrogens (tertiary/aromatic N) is 2. The minimum atomic E-state index is 0.170. The smallest absolute Gasteiger partial charge is 0.157 e. The quantitative estimate of drug-likeness (QED) is 0.771. The number of aryl methyl sites for hydroxylation is 1. The number of rotatable bonds is 7. The number of ether oxygens (including phenoxy) is 1. The molecule has 1 rings (SSSR count). The number of hydrogen-bond acceptors (Lipinski definition) is 3. The Morgan fingerprint density at radius 2 is 2.25 bits per heavy atom. The van der Waals surface area contributed by atoms with Crippen molar-refractivity contribution in [1.29, 1.82) is 0 Å². The third-order valence-corrected chi connectivity index (χ3v) is 2.49. The average molecular weight is 225 g/mol. The minimum absolute atomic E-state index is 0.170. The normalized spacial score (nSPS) is 14.8. The van der Waals surface area contributed by atoms with Crippen LogP contribution in [-0.2, 0) is 7.05 Å².